The molecule has 2 aromatic carbocycles. The van der Waals surface area contributed by atoms with E-state index in [1.54, 1.807) is 32.9 Å². The van der Waals surface area contributed by atoms with Crippen molar-refractivity contribution in [2.45, 2.75) is 58.2 Å². The smallest absolute Gasteiger partial charge is 0.229 e. The number of phenols is 1. The number of amides is 1. The van der Waals surface area contributed by atoms with E-state index in [9.17, 15) is 24.5 Å². The van der Waals surface area contributed by atoms with Crippen molar-refractivity contribution >= 4 is 5.91 Å². The zero-order chi connectivity index (χ0) is 23.6. The molecule has 0 radical (unpaired) electrons. The first-order valence-electron chi connectivity index (χ1n) is 10.6. The molecule has 0 unspecified atom stereocenters. The number of carbonyl (C=O) groups is 1. The molecule has 1 fully saturated rings. The highest BCUT2D eigenvalue weighted by Crippen LogP contribution is 2.42. The molecule has 174 valence electrons. The summed E-state index contributed by atoms with van der Waals surface area (Å²) >= 11 is 0. The summed E-state index contributed by atoms with van der Waals surface area (Å²) in [7, 11) is 0. The number of benzene rings is 2. The van der Waals surface area contributed by atoms with E-state index in [2.05, 4.69) is 5.32 Å². The topological polar surface area (TPSA) is 108 Å². The molecule has 1 amide bonds. The summed E-state index contributed by atoms with van der Waals surface area (Å²) in [6, 6.07) is 9.01. The number of nitrogens with one attached hydrogen (secondary N) is 1. The van der Waals surface area contributed by atoms with Gasteiger partial charge in [0.15, 0.2) is 11.5 Å². The first kappa shape index (κ1) is 24.0. The minimum absolute atomic E-state index is 0.0224. The Kier molecular flexibility index (Phi) is 7.07. The van der Waals surface area contributed by atoms with Crippen LogP contribution in [0.3, 0.4) is 0 Å². The van der Waals surface area contributed by atoms with E-state index in [-0.39, 0.29) is 23.3 Å². The molecule has 3 rings (SSSR count). The zero-order valence-electron chi connectivity index (χ0n) is 18.6. The molecule has 0 spiro atoms. The summed E-state index contributed by atoms with van der Waals surface area (Å²) in [6.45, 7) is 7.08. The van der Waals surface area contributed by atoms with Crippen LogP contribution in [0.2, 0.25) is 0 Å². The second-order valence-corrected chi connectivity index (χ2v) is 8.67. The number of aliphatic hydroxyl groups is 2. The largest absolute Gasteiger partial charge is 0.504 e. The predicted molar refractivity (Wildman–Crippen MR) is 117 cm³/mol. The van der Waals surface area contributed by atoms with Gasteiger partial charge < -0.3 is 30.1 Å². The molecule has 8 heteroatoms. The summed E-state index contributed by atoms with van der Waals surface area (Å²) < 4.78 is 25.6. The van der Waals surface area contributed by atoms with Crippen molar-refractivity contribution in [3.63, 3.8) is 0 Å². The summed E-state index contributed by atoms with van der Waals surface area (Å²) in [6.07, 6.45) is -3.22. The van der Waals surface area contributed by atoms with Crippen LogP contribution in [0.1, 0.15) is 33.3 Å². The fourth-order valence-electron chi connectivity index (χ4n) is 3.82. The maximum Gasteiger partial charge on any atom is 0.229 e. The molecule has 32 heavy (non-hydrogen) atoms. The Morgan fingerprint density at radius 3 is 2.59 bits per heavy atom. The quantitative estimate of drug-likeness (QED) is 0.542. The number of halogens is 1. The fourth-order valence-corrected chi connectivity index (χ4v) is 3.82. The Bertz CT molecular complexity index is 979. The van der Waals surface area contributed by atoms with Gasteiger partial charge in [0.05, 0.1) is 11.7 Å². The van der Waals surface area contributed by atoms with Crippen LogP contribution < -0.4 is 10.1 Å². The van der Waals surface area contributed by atoms with Crippen LogP contribution in [0, 0.1) is 11.7 Å². The second-order valence-electron chi connectivity index (χ2n) is 8.67. The lowest BCUT2D eigenvalue weighted by molar-refractivity contribution is -0.285. The van der Waals surface area contributed by atoms with E-state index in [0.717, 1.165) is 0 Å². The van der Waals surface area contributed by atoms with Gasteiger partial charge in [-0.15, -0.1) is 0 Å². The van der Waals surface area contributed by atoms with E-state index in [0.29, 0.717) is 29.7 Å². The molecular weight excluding hydrogens is 417 g/mol. The number of ether oxygens (including phenoxy) is 2. The SMILES string of the molecule is CC(=O)NCCc1ccc(O[C@@H]2OC(C)(C)[C@H](C)[C@@H](O)[C@H]2O)c(O)c1-c1cccc(F)c1. The van der Waals surface area contributed by atoms with Crippen molar-refractivity contribution in [3.05, 3.63) is 47.8 Å². The van der Waals surface area contributed by atoms with E-state index < -0.39 is 29.9 Å². The lowest BCUT2D eigenvalue weighted by atomic mass is 9.82. The highest BCUT2D eigenvalue weighted by molar-refractivity contribution is 5.77. The molecule has 0 aromatic heterocycles. The molecule has 1 aliphatic heterocycles. The van der Waals surface area contributed by atoms with E-state index in [1.165, 1.54) is 31.2 Å². The number of aromatic hydroxyl groups is 1. The molecule has 7 nitrogen and oxygen atoms in total. The third kappa shape index (κ3) is 5.03. The monoisotopic (exact) mass is 447 g/mol. The molecule has 1 saturated heterocycles. The van der Waals surface area contributed by atoms with Crippen LogP contribution in [-0.4, -0.2) is 51.9 Å². The lowest BCUT2D eigenvalue weighted by Gasteiger charge is -2.46. The standard InChI is InChI=1S/C24H30FNO6/c1-13-20(28)22(30)23(32-24(13,3)4)31-18-9-8-15(10-11-26-14(2)27)19(21(18)29)16-6-5-7-17(25)12-16/h5-9,12-13,20,22-23,28-30H,10-11H2,1-4H3,(H,26,27)/t13-,20-,22-,23-/m1/s1. The minimum Gasteiger partial charge on any atom is -0.504 e. The van der Waals surface area contributed by atoms with Gasteiger partial charge in [-0.25, -0.2) is 4.39 Å². The van der Waals surface area contributed by atoms with Gasteiger partial charge in [-0.1, -0.05) is 25.1 Å². The number of rotatable bonds is 6. The van der Waals surface area contributed by atoms with E-state index >= 15 is 0 Å². The third-order valence-electron chi connectivity index (χ3n) is 6.01. The van der Waals surface area contributed by atoms with Gasteiger partial charge in [0.2, 0.25) is 12.2 Å². The Hall–Kier alpha value is -2.68. The maximum absolute atomic E-state index is 13.9. The van der Waals surface area contributed by atoms with Crippen molar-refractivity contribution in [1.29, 1.82) is 0 Å². The Labute approximate surface area is 186 Å². The lowest BCUT2D eigenvalue weighted by Crippen LogP contribution is -2.59. The average molecular weight is 448 g/mol. The summed E-state index contributed by atoms with van der Waals surface area (Å²) in [4.78, 5) is 11.2. The summed E-state index contributed by atoms with van der Waals surface area (Å²) in [5.74, 6) is -1.22. The molecule has 1 heterocycles. The molecule has 1 aliphatic rings. The Balaban J connectivity index is 1.97. The van der Waals surface area contributed by atoms with Crippen LogP contribution in [0.4, 0.5) is 4.39 Å². The van der Waals surface area contributed by atoms with Crippen molar-refractivity contribution in [3.8, 4) is 22.6 Å². The van der Waals surface area contributed by atoms with Crippen LogP contribution in [-0.2, 0) is 16.0 Å². The van der Waals surface area contributed by atoms with Gasteiger partial charge in [-0.05, 0) is 49.6 Å². The molecule has 4 atom stereocenters. The first-order valence-corrected chi connectivity index (χ1v) is 10.6. The maximum atomic E-state index is 13.9. The van der Waals surface area contributed by atoms with Gasteiger partial charge in [-0.2, -0.15) is 0 Å². The van der Waals surface area contributed by atoms with Crippen molar-refractivity contribution in [2.24, 2.45) is 5.92 Å². The molecule has 2 aromatic rings. The van der Waals surface area contributed by atoms with Crippen LogP contribution in [0.15, 0.2) is 36.4 Å². The highest BCUT2D eigenvalue weighted by atomic mass is 19.1. The average Bonchev–Trinajstić information content (AvgIpc) is 2.72. The molecule has 0 bridgehead atoms. The Morgan fingerprint density at radius 1 is 1.22 bits per heavy atom. The number of aliphatic hydroxyl groups excluding tert-OH is 2. The number of phenolic OH excluding ortho intramolecular Hbond substituents is 1. The molecule has 4 N–H and O–H groups in total. The van der Waals surface area contributed by atoms with Gasteiger partial charge in [0.1, 0.15) is 11.9 Å². The van der Waals surface area contributed by atoms with Gasteiger partial charge >= 0.3 is 0 Å². The predicted octanol–water partition coefficient (Wildman–Crippen LogP) is 2.75. The number of hydrogen-bond acceptors (Lipinski definition) is 6. The minimum atomic E-state index is -1.32. The first-order chi connectivity index (χ1) is 15.0. The fraction of sp³-hybridized carbons (Fsp3) is 0.458. The van der Waals surface area contributed by atoms with Gasteiger partial charge in [0, 0.05) is 24.9 Å². The van der Waals surface area contributed by atoms with Crippen LogP contribution >= 0.6 is 0 Å². The summed E-state index contributed by atoms with van der Waals surface area (Å²) in [5.41, 5.74) is 0.687. The van der Waals surface area contributed by atoms with E-state index in [1.807, 2.05) is 0 Å². The van der Waals surface area contributed by atoms with Crippen LogP contribution in [0.5, 0.6) is 11.5 Å². The molecule has 0 aliphatic carbocycles. The van der Waals surface area contributed by atoms with Crippen molar-refractivity contribution in [2.75, 3.05) is 6.54 Å². The van der Waals surface area contributed by atoms with Gasteiger partial charge in [-0.3, -0.25) is 4.79 Å². The number of carbonyl (C=O) groups excluding carboxylic acids is 1. The highest BCUT2D eigenvalue weighted by Gasteiger charge is 2.48. The normalized spacial score (nSPS) is 24.7. The molecular formula is C24H30FNO6. The van der Waals surface area contributed by atoms with Crippen molar-refractivity contribution < 1.29 is 34.0 Å². The number of hydrogen-bond donors (Lipinski definition) is 4. The summed E-state index contributed by atoms with van der Waals surface area (Å²) in [5, 5.41) is 34.6. The van der Waals surface area contributed by atoms with E-state index in [4.69, 9.17) is 9.47 Å². The zero-order valence-corrected chi connectivity index (χ0v) is 18.6. The Morgan fingerprint density at radius 2 is 1.94 bits per heavy atom. The van der Waals surface area contributed by atoms with Gasteiger partial charge in [0.25, 0.3) is 0 Å². The molecule has 0 saturated carbocycles. The van der Waals surface area contributed by atoms with Crippen LogP contribution in [0.25, 0.3) is 11.1 Å². The third-order valence-corrected chi connectivity index (χ3v) is 6.01. The van der Waals surface area contributed by atoms with Crippen molar-refractivity contribution in [1.82, 2.24) is 5.32 Å². The second kappa shape index (κ2) is 9.44.